The Hall–Kier alpha value is -1.85. The van der Waals surface area contributed by atoms with E-state index in [1.807, 2.05) is 25.1 Å². The Kier molecular flexibility index (Phi) is 4.76. The Morgan fingerprint density at radius 2 is 2.15 bits per heavy atom. The van der Waals surface area contributed by atoms with Gasteiger partial charge in [-0.25, -0.2) is 4.79 Å². The van der Waals surface area contributed by atoms with Crippen molar-refractivity contribution in [1.82, 2.24) is 5.32 Å². The fraction of sp³-hybridized carbons (Fsp3) is 0.400. The van der Waals surface area contributed by atoms with Gasteiger partial charge in [0.1, 0.15) is 5.58 Å². The minimum atomic E-state index is -1.06. The Morgan fingerprint density at radius 1 is 1.40 bits per heavy atom. The third-order valence-electron chi connectivity index (χ3n) is 3.43. The maximum Gasteiger partial charge on any atom is 0.372 e. The van der Waals surface area contributed by atoms with Crippen molar-refractivity contribution in [2.45, 2.75) is 32.4 Å². The van der Waals surface area contributed by atoms with Gasteiger partial charge in [0, 0.05) is 30.1 Å². The minimum absolute atomic E-state index is 0.0162. The van der Waals surface area contributed by atoms with Crippen LogP contribution in [0.1, 0.15) is 35.9 Å². The number of carboxylic acids is 1. The highest BCUT2D eigenvalue weighted by Gasteiger charge is 2.20. The number of benzene rings is 1. The average Bonchev–Trinajstić information content (AvgIpc) is 2.82. The zero-order chi connectivity index (χ0) is 14.5. The molecule has 1 aromatic carbocycles. The number of hydrogen-bond acceptors (Lipinski definition) is 4. The van der Waals surface area contributed by atoms with Gasteiger partial charge >= 0.3 is 5.97 Å². The van der Waals surface area contributed by atoms with E-state index in [1.54, 1.807) is 6.07 Å². The lowest BCUT2D eigenvalue weighted by Gasteiger charge is -2.15. The average molecular weight is 277 g/mol. The zero-order valence-electron chi connectivity index (χ0n) is 11.4. The van der Waals surface area contributed by atoms with Crippen LogP contribution in [0.15, 0.2) is 28.7 Å². The summed E-state index contributed by atoms with van der Waals surface area (Å²) in [5, 5.41) is 22.3. The van der Waals surface area contributed by atoms with E-state index < -0.39 is 5.97 Å². The number of fused-ring (bicyclic) bond motifs is 1. The van der Waals surface area contributed by atoms with E-state index >= 15 is 0 Å². The summed E-state index contributed by atoms with van der Waals surface area (Å²) in [6, 6.07) is 7.45. The van der Waals surface area contributed by atoms with Crippen molar-refractivity contribution >= 4 is 16.9 Å². The molecule has 0 saturated heterocycles. The quantitative estimate of drug-likeness (QED) is 0.723. The van der Waals surface area contributed by atoms with Gasteiger partial charge in [0.05, 0.1) is 0 Å². The normalized spacial score (nSPS) is 12.7. The van der Waals surface area contributed by atoms with E-state index in [1.165, 1.54) is 0 Å². The molecule has 1 unspecified atom stereocenters. The van der Waals surface area contributed by atoms with E-state index in [0.717, 1.165) is 11.8 Å². The molecule has 5 heteroatoms. The van der Waals surface area contributed by atoms with Crippen LogP contribution in [-0.4, -0.2) is 28.8 Å². The summed E-state index contributed by atoms with van der Waals surface area (Å²) < 4.78 is 5.40. The third-order valence-corrected chi connectivity index (χ3v) is 3.43. The summed E-state index contributed by atoms with van der Waals surface area (Å²) in [5.74, 6) is -1.08. The Bertz CT molecular complexity index is 591. The van der Waals surface area contributed by atoms with Gasteiger partial charge in [0.2, 0.25) is 5.76 Å². The second kappa shape index (κ2) is 6.54. The first-order valence-electron chi connectivity index (χ1n) is 6.75. The van der Waals surface area contributed by atoms with Crippen molar-refractivity contribution in [3.05, 3.63) is 35.6 Å². The van der Waals surface area contributed by atoms with Crippen LogP contribution < -0.4 is 5.32 Å². The maximum atomic E-state index is 11.3. The second-order valence-corrected chi connectivity index (χ2v) is 4.71. The fourth-order valence-corrected chi connectivity index (χ4v) is 2.30. The maximum absolute atomic E-state index is 11.3. The first-order chi connectivity index (χ1) is 9.67. The molecule has 1 atom stereocenters. The molecule has 5 nitrogen and oxygen atoms in total. The number of carboxylic acid groups (broad SMARTS) is 1. The number of aliphatic hydroxyl groups is 1. The van der Waals surface area contributed by atoms with E-state index in [9.17, 15) is 9.90 Å². The van der Waals surface area contributed by atoms with Gasteiger partial charge in [-0.1, -0.05) is 25.1 Å². The van der Waals surface area contributed by atoms with Crippen molar-refractivity contribution in [3.63, 3.8) is 0 Å². The molecule has 0 saturated carbocycles. The molecular weight excluding hydrogens is 258 g/mol. The summed E-state index contributed by atoms with van der Waals surface area (Å²) >= 11 is 0. The molecule has 3 N–H and O–H groups in total. The molecule has 2 aromatic rings. The van der Waals surface area contributed by atoms with Crippen LogP contribution >= 0.6 is 0 Å². The van der Waals surface area contributed by atoms with Crippen LogP contribution in [0.2, 0.25) is 0 Å². The van der Waals surface area contributed by atoms with Gasteiger partial charge < -0.3 is 19.9 Å². The molecule has 108 valence electrons. The summed E-state index contributed by atoms with van der Waals surface area (Å²) in [4.78, 5) is 11.3. The summed E-state index contributed by atoms with van der Waals surface area (Å²) in [5.41, 5.74) is 1.24. The number of rotatable bonds is 7. The van der Waals surface area contributed by atoms with Gasteiger partial charge in [0.25, 0.3) is 0 Å². The molecule has 0 bridgehead atoms. The first-order valence-corrected chi connectivity index (χ1v) is 6.75. The Labute approximate surface area is 117 Å². The topological polar surface area (TPSA) is 82.7 Å². The monoisotopic (exact) mass is 277 g/mol. The van der Waals surface area contributed by atoms with Crippen LogP contribution in [0.25, 0.3) is 11.0 Å². The van der Waals surface area contributed by atoms with Crippen LogP contribution in [0.4, 0.5) is 0 Å². The van der Waals surface area contributed by atoms with Crippen molar-refractivity contribution < 1.29 is 19.4 Å². The van der Waals surface area contributed by atoms with Gasteiger partial charge in [-0.15, -0.1) is 0 Å². The number of furan rings is 1. The highest BCUT2D eigenvalue weighted by Crippen LogP contribution is 2.26. The molecule has 1 heterocycles. The van der Waals surface area contributed by atoms with Crippen LogP contribution in [-0.2, 0) is 6.54 Å². The van der Waals surface area contributed by atoms with E-state index in [2.05, 4.69) is 5.32 Å². The number of aliphatic hydroxyl groups excluding tert-OH is 1. The van der Waals surface area contributed by atoms with Crippen molar-refractivity contribution in [2.75, 3.05) is 6.61 Å². The summed E-state index contributed by atoms with van der Waals surface area (Å²) in [6.45, 7) is 2.56. The van der Waals surface area contributed by atoms with E-state index in [-0.39, 0.29) is 18.4 Å². The summed E-state index contributed by atoms with van der Waals surface area (Å²) in [7, 11) is 0. The molecule has 0 aliphatic rings. The highest BCUT2D eigenvalue weighted by atomic mass is 16.4. The Balaban J connectivity index is 2.27. The standard InChI is InChI=1S/C15H19NO4/c1-2-10(7-8-17)16-9-12-11-5-3-4-6-13(11)20-14(12)15(18)19/h3-6,10,16-17H,2,7-9H2,1H3,(H,18,19). The fourth-order valence-electron chi connectivity index (χ4n) is 2.30. The van der Waals surface area contributed by atoms with Crippen molar-refractivity contribution in [2.24, 2.45) is 0 Å². The van der Waals surface area contributed by atoms with Crippen LogP contribution in [0.3, 0.4) is 0 Å². The Morgan fingerprint density at radius 3 is 2.80 bits per heavy atom. The van der Waals surface area contributed by atoms with Crippen molar-refractivity contribution in [1.29, 1.82) is 0 Å². The van der Waals surface area contributed by atoms with E-state index in [0.29, 0.717) is 24.1 Å². The molecule has 0 aliphatic carbocycles. The molecule has 2 rings (SSSR count). The van der Waals surface area contributed by atoms with Gasteiger partial charge in [-0.3, -0.25) is 0 Å². The molecule has 1 aromatic heterocycles. The minimum Gasteiger partial charge on any atom is -0.475 e. The van der Waals surface area contributed by atoms with E-state index in [4.69, 9.17) is 9.52 Å². The number of para-hydroxylation sites is 1. The predicted molar refractivity (Wildman–Crippen MR) is 75.8 cm³/mol. The van der Waals surface area contributed by atoms with Gasteiger partial charge in [-0.2, -0.15) is 0 Å². The zero-order valence-corrected chi connectivity index (χ0v) is 11.4. The van der Waals surface area contributed by atoms with Gasteiger partial charge in [-0.05, 0) is 18.9 Å². The molecule has 0 fully saturated rings. The lowest BCUT2D eigenvalue weighted by Crippen LogP contribution is -2.29. The SMILES string of the molecule is CCC(CCO)NCc1c(C(=O)O)oc2ccccc12. The number of hydrogen-bond donors (Lipinski definition) is 3. The molecule has 0 radical (unpaired) electrons. The largest absolute Gasteiger partial charge is 0.475 e. The number of aromatic carboxylic acids is 1. The predicted octanol–water partition coefficient (Wildman–Crippen LogP) is 2.38. The molecule has 0 aliphatic heterocycles. The summed E-state index contributed by atoms with van der Waals surface area (Å²) in [6.07, 6.45) is 1.52. The highest BCUT2D eigenvalue weighted by molar-refractivity contribution is 5.95. The van der Waals surface area contributed by atoms with Crippen LogP contribution in [0, 0.1) is 0 Å². The van der Waals surface area contributed by atoms with Gasteiger partial charge in [0.15, 0.2) is 0 Å². The molecule has 0 spiro atoms. The van der Waals surface area contributed by atoms with Crippen LogP contribution in [0.5, 0.6) is 0 Å². The first kappa shape index (κ1) is 14.6. The molecule has 0 amide bonds. The third kappa shape index (κ3) is 3.00. The number of carbonyl (C=O) groups is 1. The smallest absolute Gasteiger partial charge is 0.372 e. The second-order valence-electron chi connectivity index (χ2n) is 4.71. The number of nitrogens with one attached hydrogen (secondary N) is 1. The lowest BCUT2D eigenvalue weighted by atomic mass is 10.1. The lowest BCUT2D eigenvalue weighted by molar-refractivity contribution is 0.0663. The molecule has 20 heavy (non-hydrogen) atoms. The van der Waals surface area contributed by atoms with Crippen molar-refractivity contribution in [3.8, 4) is 0 Å². The molecular formula is C15H19NO4.